The first-order chi connectivity index (χ1) is 10.0. The molecule has 2 aromatic rings. The van der Waals surface area contributed by atoms with Crippen molar-refractivity contribution in [3.05, 3.63) is 57.3 Å². The number of amides is 1. The average Bonchev–Trinajstić information content (AvgIpc) is 2.49. The molecule has 1 aromatic heterocycles. The predicted octanol–water partition coefficient (Wildman–Crippen LogP) is 3.78. The van der Waals surface area contributed by atoms with Gasteiger partial charge in [0.2, 0.25) is 0 Å². The van der Waals surface area contributed by atoms with E-state index >= 15 is 0 Å². The molecule has 6 heteroatoms. The summed E-state index contributed by atoms with van der Waals surface area (Å²) in [6.45, 7) is 0.478. The zero-order valence-electron chi connectivity index (χ0n) is 11.6. The van der Waals surface area contributed by atoms with Crippen LogP contribution in [0.3, 0.4) is 0 Å². The largest absolute Gasteiger partial charge is 0.497 e. The lowest BCUT2D eigenvalue weighted by atomic mass is 10.2. The summed E-state index contributed by atoms with van der Waals surface area (Å²) >= 11 is 9.27. The molecule has 1 heterocycles. The SMILES string of the molecule is COc1ccc(CN(C)C(=O)c2cc(Br)cnc2Cl)cc1. The Morgan fingerprint density at radius 3 is 2.67 bits per heavy atom. The van der Waals surface area contributed by atoms with Crippen molar-refractivity contribution in [1.29, 1.82) is 0 Å². The molecule has 0 saturated carbocycles. The molecule has 21 heavy (non-hydrogen) atoms. The fourth-order valence-corrected chi connectivity index (χ4v) is 2.37. The first-order valence-electron chi connectivity index (χ1n) is 6.20. The monoisotopic (exact) mass is 368 g/mol. The minimum absolute atomic E-state index is 0.176. The Morgan fingerprint density at radius 2 is 2.05 bits per heavy atom. The molecule has 4 nitrogen and oxygen atoms in total. The first-order valence-corrected chi connectivity index (χ1v) is 7.38. The number of nitrogens with zero attached hydrogens (tertiary/aromatic N) is 2. The van der Waals surface area contributed by atoms with E-state index in [-0.39, 0.29) is 11.1 Å². The zero-order valence-corrected chi connectivity index (χ0v) is 14.0. The lowest BCUT2D eigenvalue weighted by Gasteiger charge is -2.18. The van der Waals surface area contributed by atoms with Gasteiger partial charge in [-0.2, -0.15) is 0 Å². The minimum atomic E-state index is -0.176. The molecule has 0 fully saturated rings. The maximum Gasteiger partial charge on any atom is 0.257 e. The summed E-state index contributed by atoms with van der Waals surface area (Å²) in [4.78, 5) is 18.0. The van der Waals surface area contributed by atoms with Crippen LogP contribution in [0.2, 0.25) is 5.15 Å². The topological polar surface area (TPSA) is 42.4 Å². The van der Waals surface area contributed by atoms with Gasteiger partial charge in [-0.15, -0.1) is 0 Å². The van der Waals surface area contributed by atoms with E-state index in [1.165, 1.54) is 0 Å². The Morgan fingerprint density at radius 1 is 1.38 bits per heavy atom. The molecule has 0 unspecified atom stereocenters. The molecule has 1 amide bonds. The van der Waals surface area contributed by atoms with Crippen LogP contribution >= 0.6 is 27.5 Å². The van der Waals surface area contributed by atoms with E-state index in [9.17, 15) is 4.79 Å². The van der Waals surface area contributed by atoms with Gasteiger partial charge in [0.1, 0.15) is 10.9 Å². The van der Waals surface area contributed by atoms with Gasteiger partial charge in [0.25, 0.3) is 5.91 Å². The molecular weight excluding hydrogens is 356 g/mol. The number of aromatic nitrogens is 1. The van der Waals surface area contributed by atoms with E-state index in [2.05, 4.69) is 20.9 Å². The van der Waals surface area contributed by atoms with Gasteiger partial charge >= 0.3 is 0 Å². The van der Waals surface area contributed by atoms with Crippen molar-refractivity contribution in [3.8, 4) is 5.75 Å². The van der Waals surface area contributed by atoms with Gasteiger partial charge < -0.3 is 9.64 Å². The van der Waals surface area contributed by atoms with E-state index in [0.29, 0.717) is 16.6 Å². The Labute approximate surface area is 136 Å². The van der Waals surface area contributed by atoms with E-state index < -0.39 is 0 Å². The number of pyridine rings is 1. The normalized spacial score (nSPS) is 10.3. The molecule has 2 rings (SSSR count). The summed E-state index contributed by atoms with van der Waals surface area (Å²) in [5.74, 6) is 0.608. The zero-order chi connectivity index (χ0) is 15.4. The number of carbonyl (C=O) groups is 1. The summed E-state index contributed by atoms with van der Waals surface area (Å²) in [6.07, 6.45) is 1.56. The van der Waals surface area contributed by atoms with E-state index in [4.69, 9.17) is 16.3 Å². The second kappa shape index (κ2) is 6.91. The Hall–Kier alpha value is -1.59. The molecule has 110 valence electrons. The van der Waals surface area contributed by atoms with Crippen LogP contribution in [-0.2, 0) is 6.54 Å². The maximum atomic E-state index is 12.4. The van der Waals surface area contributed by atoms with Crippen LogP contribution in [0.1, 0.15) is 15.9 Å². The van der Waals surface area contributed by atoms with Crippen LogP contribution in [0.5, 0.6) is 5.75 Å². The summed E-state index contributed by atoms with van der Waals surface area (Å²) in [7, 11) is 3.34. The van der Waals surface area contributed by atoms with Crippen molar-refractivity contribution < 1.29 is 9.53 Å². The van der Waals surface area contributed by atoms with Crippen molar-refractivity contribution in [3.63, 3.8) is 0 Å². The van der Waals surface area contributed by atoms with Crippen molar-refractivity contribution >= 4 is 33.4 Å². The van der Waals surface area contributed by atoms with Gasteiger partial charge in [-0.05, 0) is 39.7 Å². The van der Waals surface area contributed by atoms with Crippen molar-refractivity contribution in [2.45, 2.75) is 6.54 Å². The predicted molar refractivity (Wildman–Crippen MR) is 85.7 cm³/mol. The fraction of sp³-hybridized carbons (Fsp3) is 0.200. The van der Waals surface area contributed by atoms with E-state index in [1.54, 1.807) is 31.3 Å². The Bertz CT molecular complexity index is 647. The molecule has 0 atom stereocenters. The standard InChI is InChI=1S/C15H14BrClN2O2/c1-19(9-10-3-5-12(21-2)6-4-10)15(20)13-7-11(16)8-18-14(13)17/h3-8H,9H2,1-2H3. The van der Waals surface area contributed by atoms with E-state index in [1.807, 2.05) is 24.3 Å². The minimum Gasteiger partial charge on any atom is -0.497 e. The van der Waals surface area contributed by atoms with Crippen LogP contribution in [0.4, 0.5) is 0 Å². The van der Waals surface area contributed by atoms with Crippen molar-refractivity contribution in [1.82, 2.24) is 9.88 Å². The van der Waals surface area contributed by atoms with E-state index in [0.717, 1.165) is 11.3 Å². The van der Waals surface area contributed by atoms with Gasteiger partial charge in [0.05, 0.1) is 12.7 Å². The lowest BCUT2D eigenvalue weighted by Crippen LogP contribution is -2.26. The van der Waals surface area contributed by atoms with Gasteiger partial charge in [0.15, 0.2) is 0 Å². The molecule has 0 N–H and O–H groups in total. The summed E-state index contributed by atoms with van der Waals surface area (Å²) in [6, 6.07) is 9.23. The highest BCUT2D eigenvalue weighted by molar-refractivity contribution is 9.10. The van der Waals surface area contributed by atoms with Gasteiger partial charge in [-0.1, -0.05) is 23.7 Å². The lowest BCUT2D eigenvalue weighted by molar-refractivity contribution is 0.0785. The third kappa shape index (κ3) is 3.95. The average molecular weight is 370 g/mol. The van der Waals surface area contributed by atoms with Crippen molar-refractivity contribution in [2.24, 2.45) is 0 Å². The Kier molecular flexibility index (Phi) is 5.20. The third-order valence-electron chi connectivity index (χ3n) is 2.96. The highest BCUT2D eigenvalue weighted by atomic mass is 79.9. The molecule has 0 aliphatic carbocycles. The number of carbonyl (C=O) groups excluding carboxylic acids is 1. The molecule has 0 saturated heterocycles. The highest BCUT2D eigenvalue weighted by Gasteiger charge is 2.16. The second-order valence-corrected chi connectivity index (χ2v) is 5.77. The van der Waals surface area contributed by atoms with Crippen LogP contribution in [0.15, 0.2) is 41.0 Å². The first kappa shape index (κ1) is 15.8. The Balaban J connectivity index is 2.13. The van der Waals surface area contributed by atoms with Crippen LogP contribution < -0.4 is 4.74 Å². The number of hydrogen-bond acceptors (Lipinski definition) is 3. The smallest absolute Gasteiger partial charge is 0.257 e. The molecule has 0 aliphatic heterocycles. The number of hydrogen-bond donors (Lipinski definition) is 0. The van der Waals surface area contributed by atoms with Gasteiger partial charge in [0, 0.05) is 24.3 Å². The summed E-state index contributed by atoms with van der Waals surface area (Å²) in [5.41, 5.74) is 1.38. The third-order valence-corrected chi connectivity index (χ3v) is 3.70. The highest BCUT2D eigenvalue weighted by Crippen LogP contribution is 2.20. The van der Waals surface area contributed by atoms with Gasteiger partial charge in [-0.25, -0.2) is 4.98 Å². The number of halogens is 2. The maximum absolute atomic E-state index is 12.4. The fourth-order valence-electron chi connectivity index (χ4n) is 1.85. The van der Waals surface area contributed by atoms with Crippen LogP contribution in [0, 0.1) is 0 Å². The molecule has 1 aromatic carbocycles. The van der Waals surface area contributed by atoms with Crippen LogP contribution in [-0.4, -0.2) is 29.9 Å². The molecule has 0 spiro atoms. The molecule has 0 aliphatic rings. The molecule has 0 bridgehead atoms. The quantitative estimate of drug-likeness (QED) is 0.770. The number of ether oxygens (including phenoxy) is 1. The number of rotatable bonds is 4. The van der Waals surface area contributed by atoms with Gasteiger partial charge in [-0.3, -0.25) is 4.79 Å². The molecule has 0 radical (unpaired) electrons. The summed E-state index contributed by atoms with van der Waals surface area (Å²) in [5, 5.41) is 0.199. The van der Waals surface area contributed by atoms with Crippen molar-refractivity contribution in [2.75, 3.05) is 14.2 Å². The second-order valence-electron chi connectivity index (χ2n) is 4.50. The summed E-state index contributed by atoms with van der Waals surface area (Å²) < 4.78 is 5.82. The number of methoxy groups -OCH3 is 1. The van der Waals surface area contributed by atoms with Crippen LogP contribution in [0.25, 0.3) is 0 Å². The number of benzene rings is 1. The molecular formula is C15H14BrClN2O2.